The summed E-state index contributed by atoms with van der Waals surface area (Å²) in [6, 6.07) is 21.1. The van der Waals surface area contributed by atoms with Gasteiger partial charge in [0.15, 0.2) is 0 Å². The van der Waals surface area contributed by atoms with Crippen LogP contribution in [0, 0.1) is 5.41 Å². The van der Waals surface area contributed by atoms with Gasteiger partial charge in [0.25, 0.3) is 0 Å². The Balaban J connectivity index is 1.42. The van der Waals surface area contributed by atoms with Gasteiger partial charge in [-0.3, -0.25) is 0 Å². The molecule has 0 radical (unpaired) electrons. The van der Waals surface area contributed by atoms with Crippen molar-refractivity contribution in [2.75, 3.05) is 26.3 Å². The maximum Gasteiger partial charge on any atom is 0.0569 e. The minimum absolute atomic E-state index is 0.240. The second-order valence-electron chi connectivity index (χ2n) is 6.17. The van der Waals surface area contributed by atoms with Crippen molar-refractivity contribution in [3.8, 4) is 0 Å². The number of rotatable bonds is 8. The molecule has 0 spiro atoms. The molecule has 0 aromatic heterocycles. The first-order chi connectivity index (χ1) is 10.9. The lowest BCUT2D eigenvalue weighted by Crippen LogP contribution is -2.55. The van der Waals surface area contributed by atoms with Crippen LogP contribution in [0.3, 0.4) is 0 Å². The number of nitrogens with one attached hydrogen (secondary N) is 2. The van der Waals surface area contributed by atoms with Crippen molar-refractivity contribution in [1.82, 2.24) is 10.6 Å². The molecule has 3 rings (SSSR count). The van der Waals surface area contributed by atoms with E-state index in [1.165, 1.54) is 11.1 Å². The smallest absolute Gasteiger partial charge is 0.0569 e. The summed E-state index contributed by atoms with van der Waals surface area (Å²) in [7, 11) is 0. The summed E-state index contributed by atoms with van der Waals surface area (Å²) in [5.41, 5.74) is 2.90. The summed E-state index contributed by atoms with van der Waals surface area (Å²) < 4.78 is 5.46. The average molecular weight is 296 g/mol. The standard InChI is InChI=1S/C19H24N2O/c1-3-7-17(8-4-1)11-20-13-19(15-22-16-19)14-21-12-18-9-5-2-6-10-18/h1-10,20-21H,11-16H2. The number of benzene rings is 2. The van der Waals surface area contributed by atoms with Crippen molar-refractivity contribution < 1.29 is 4.74 Å². The highest BCUT2D eigenvalue weighted by molar-refractivity contribution is 5.15. The summed E-state index contributed by atoms with van der Waals surface area (Å²) in [4.78, 5) is 0. The molecule has 1 fully saturated rings. The molecule has 3 heteroatoms. The fraction of sp³-hybridized carbons (Fsp3) is 0.368. The number of hydrogen-bond donors (Lipinski definition) is 2. The normalized spacial score (nSPS) is 16.2. The molecular weight excluding hydrogens is 272 g/mol. The molecular formula is C19H24N2O. The first kappa shape index (κ1) is 15.2. The molecule has 0 atom stereocenters. The zero-order valence-corrected chi connectivity index (χ0v) is 12.9. The first-order valence-electron chi connectivity index (χ1n) is 7.93. The molecule has 0 unspecified atom stereocenters. The van der Waals surface area contributed by atoms with Gasteiger partial charge in [-0.2, -0.15) is 0 Å². The van der Waals surface area contributed by atoms with Gasteiger partial charge in [-0.25, -0.2) is 0 Å². The molecule has 1 heterocycles. The molecule has 1 aliphatic rings. The van der Waals surface area contributed by atoms with Crippen molar-refractivity contribution in [2.24, 2.45) is 5.41 Å². The number of ether oxygens (including phenoxy) is 1. The van der Waals surface area contributed by atoms with Crippen LogP contribution in [0.2, 0.25) is 0 Å². The first-order valence-corrected chi connectivity index (χ1v) is 7.93. The Morgan fingerprint density at radius 1 is 0.727 bits per heavy atom. The van der Waals surface area contributed by atoms with Crippen molar-refractivity contribution >= 4 is 0 Å². The van der Waals surface area contributed by atoms with Crippen LogP contribution in [0.15, 0.2) is 60.7 Å². The van der Waals surface area contributed by atoms with Crippen LogP contribution in [-0.2, 0) is 17.8 Å². The fourth-order valence-corrected chi connectivity index (χ4v) is 2.79. The highest BCUT2D eigenvalue weighted by Gasteiger charge is 2.37. The van der Waals surface area contributed by atoms with Crippen LogP contribution in [0.5, 0.6) is 0 Å². The lowest BCUT2D eigenvalue weighted by Gasteiger charge is -2.42. The predicted molar refractivity (Wildman–Crippen MR) is 89.5 cm³/mol. The Kier molecular flexibility index (Phi) is 5.22. The Labute approximate surface area is 132 Å². The van der Waals surface area contributed by atoms with Crippen molar-refractivity contribution in [1.29, 1.82) is 0 Å². The third-order valence-corrected chi connectivity index (χ3v) is 4.16. The second-order valence-corrected chi connectivity index (χ2v) is 6.17. The van der Waals surface area contributed by atoms with Gasteiger partial charge in [-0.15, -0.1) is 0 Å². The molecule has 0 bridgehead atoms. The molecule has 2 N–H and O–H groups in total. The van der Waals surface area contributed by atoms with Crippen LogP contribution in [0.25, 0.3) is 0 Å². The summed E-state index contributed by atoms with van der Waals surface area (Å²) in [5.74, 6) is 0. The molecule has 22 heavy (non-hydrogen) atoms. The molecule has 2 aromatic carbocycles. The van der Waals surface area contributed by atoms with E-state index >= 15 is 0 Å². The van der Waals surface area contributed by atoms with Crippen LogP contribution in [0.1, 0.15) is 11.1 Å². The molecule has 0 saturated carbocycles. The topological polar surface area (TPSA) is 33.3 Å². The highest BCUT2D eigenvalue weighted by Crippen LogP contribution is 2.26. The van der Waals surface area contributed by atoms with Gasteiger partial charge in [0.1, 0.15) is 0 Å². The SMILES string of the molecule is c1ccc(CNCC2(CNCc3ccccc3)COC2)cc1. The van der Waals surface area contributed by atoms with E-state index < -0.39 is 0 Å². The highest BCUT2D eigenvalue weighted by atomic mass is 16.5. The Bertz CT molecular complexity index is 505. The van der Waals surface area contributed by atoms with Gasteiger partial charge in [-0.05, 0) is 11.1 Å². The van der Waals surface area contributed by atoms with E-state index in [-0.39, 0.29) is 5.41 Å². The van der Waals surface area contributed by atoms with Crippen LogP contribution >= 0.6 is 0 Å². The molecule has 116 valence electrons. The summed E-state index contributed by atoms with van der Waals surface area (Å²) in [5, 5.41) is 7.15. The summed E-state index contributed by atoms with van der Waals surface area (Å²) >= 11 is 0. The van der Waals surface area contributed by atoms with E-state index in [1.54, 1.807) is 0 Å². The van der Waals surface area contributed by atoms with E-state index in [1.807, 2.05) is 0 Å². The van der Waals surface area contributed by atoms with Gasteiger partial charge in [0, 0.05) is 31.6 Å². The minimum Gasteiger partial charge on any atom is -0.380 e. The zero-order chi connectivity index (χ0) is 15.1. The van der Waals surface area contributed by atoms with Crippen LogP contribution in [-0.4, -0.2) is 26.3 Å². The Morgan fingerprint density at radius 2 is 1.18 bits per heavy atom. The zero-order valence-electron chi connectivity index (χ0n) is 12.9. The summed E-state index contributed by atoms with van der Waals surface area (Å²) in [6.45, 7) is 5.50. The van der Waals surface area contributed by atoms with Gasteiger partial charge in [0.2, 0.25) is 0 Å². The fourth-order valence-electron chi connectivity index (χ4n) is 2.79. The molecule has 1 aliphatic heterocycles. The van der Waals surface area contributed by atoms with Gasteiger partial charge >= 0.3 is 0 Å². The van der Waals surface area contributed by atoms with E-state index in [2.05, 4.69) is 71.3 Å². The second kappa shape index (κ2) is 7.54. The van der Waals surface area contributed by atoms with E-state index in [0.717, 1.165) is 39.4 Å². The Morgan fingerprint density at radius 3 is 1.55 bits per heavy atom. The lowest BCUT2D eigenvalue weighted by atomic mass is 9.85. The molecule has 1 saturated heterocycles. The lowest BCUT2D eigenvalue weighted by molar-refractivity contribution is -0.109. The van der Waals surface area contributed by atoms with E-state index in [4.69, 9.17) is 4.74 Å². The number of hydrogen-bond acceptors (Lipinski definition) is 3. The molecule has 0 amide bonds. The maximum atomic E-state index is 5.46. The van der Waals surface area contributed by atoms with E-state index in [0.29, 0.717) is 0 Å². The summed E-state index contributed by atoms with van der Waals surface area (Å²) in [6.07, 6.45) is 0. The average Bonchev–Trinajstić information content (AvgIpc) is 2.54. The van der Waals surface area contributed by atoms with Crippen molar-refractivity contribution in [2.45, 2.75) is 13.1 Å². The predicted octanol–water partition coefficient (Wildman–Crippen LogP) is 2.58. The van der Waals surface area contributed by atoms with Crippen LogP contribution in [0.4, 0.5) is 0 Å². The third-order valence-electron chi connectivity index (χ3n) is 4.16. The molecule has 2 aromatic rings. The van der Waals surface area contributed by atoms with Gasteiger partial charge in [0.05, 0.1) is 13.2 Å². The molecule has 3 nitrogen and oxygen atoms in total. The van der Waals surface area contributed by atoms with Crippen molar-refractivity contribution in [3.05, 3.63) is 71.8 Å². The van der Waals surface area contributed by atoms with Crippen molar-refractivity contribution in [3.63, 3.8) is 0 Å². The van der Waals surface area contributed by atoms with Crippen LogP contribution < -0.4 is 10.6 Å². The van der Waals surface area contributed by atoms with E-state index in [9.17, 15) is 0 Å². The minimum atomic E-state index is 0.240. The maximum absolute atomic E-state index is 5.46. The third kappa shape index (κ3) is 4.17. The quantitative estimate of drug-likeness (QED) is 0.785. The molecule has 0 aliphatic carbocycles. The monoisotopic (exact) mass is 296 g/mol. The Hall–Kier alpha value is -1.68. The van der Waals surface area contributed by atoms with Gasteiger partial charge < -0.3 is 15.4 Å². The van der Waals surface area contributed by atoms with Gasteiger partial charge in [-0.1, -0.05) is 60.7 Å². The largest absolute Gasteiger partial charge is 0.380 e.